The number of ether oxygens (including phenoxy) is 4. The standard InChI is InChI=1S/C21H15N5O4/c1-27-15-6-12-17-11(5-10(8-22)14(9-23)24-17)18-13(19(12)26-21(15)30-4)7-16(28-2)20(25-18)29-3/h5-7H,1-4H3. The molecule has 1 aromatic carbocycles. The van der Waals surface area contributed by atoms with Crippen LogP contribution in [0.2, 0.25) is 0 Å². The summed E-state index contributed by atoms with van der Waals surface area (Å²) in [6, 6.07) is 9.07. The van der Waals surface area contributed by atoms with Gasteiger partial charge in [0.25, 0.3) is 11.8 Å². The molecular weight excluding hydrogens is 386 g/mol. The average molecular weight is 401 g/mol. The molecule has 0 saturated carbocycles. The van der Waals surface area contributed by atoms with Crippen molar-refractivity contribution in [2.45, 2.75) is 0 Å². The molecule has 0 amide bonds. The van der Waals surface area contributed by atoms with E-state index in [-0.39, 0.29) is 23.0 Å². The molecule has 0 atom stereocenters. The number of hydrogen-bond donors (Lipinski definition) is 0. The van der Waals surface area contributed by atoms with E-state index < -0.39 is 0 Å². The highest BCUT2D eigenvalue weighted by Crippen LogP contribution is 2.40. The predicted molar refractivity (Wildman–Crippen MR) is 108 cm³/mol. The second-order valence-corrected chi connectivity index (χ2v) is 6.20. The molecule has 0 radical (unpaired) electrons. The first-order valence-electron chi connectivity index (χ1n) is 8.72. The molecule has 148 valence electrons. The first kappa shape index (κ1) is 19.0. The molecule has 3 aromatic heterocycles. The zero-order valence-corrected chi connectivity index (χ0v) is 16.6. The van der Waals surface area contributed by atoms with E-state index in [1.807, 2.05) is 12.1 Å². The van der Waals surface area contributed by atoms with Crippen molar-refractivity contribution < 1.29 is 18.9 Å². The van der Waals surface area contributed by atoms with Gasteiger partial charge in [0.1, 0.15) is 12.1 Å². The van der Waals surface area contributed by atoms with Crippen LogP contribution in [0.5, 0.6) is 23.3 Å². The smallest absolute Gasteiger partial charge is 0.257 e. The molecule has 0 aliphatic heterocycles. The first-order chi connectivity index (χ1) is 14.6. The number of nitriles is 2. The minimum Gasteiger partial charge on any atom is -0.491 e. The molecule has 9 nitrogen and oxygen atoms in total. The van der Waals surface area contributed by atoms with E-state index in [2.05, 4.69) is 15.0 Å². The Morgan fingerprint density at radius 2 is 1.10 bits per heavy atom. The van der Waals surface area contributed by atoms with Gasteiger partial charge in [-0.2, -0.15) is 10.5 Å². The fourth-order valence-electron chi connectivity index (χ4n) is 3.38. The topological polar surface area (TPSA) is 123 Å². The van der Waals surface area contributed by atoms with Crippen molar-refractivity contribution in [3.8, 4) is 35.4 Å². The highest BCUT2D eigenvalue weighted by Gasteiger charge is 2.21. The van der Waals surface area contributed by atoms with E-state index >= 15 is 0 Å². The third-order valence-electron chi connectivity index (χ3n) is 4.75. The van der Waals surface area contributed by atoms with Crippen molar-refractivity contribution in [3.63, 3.8) is 0 Å². The number of nitrogens with zero attached hydrogens (tertiary/aromatic N) is 5. The molecular formula is C21H15N5O4. The highest BCUT2D eigenvalue weighted by molar-refractivity contribution is 6.22. The summed E-state index contributed by atoms with van der Waals surface area (Å²) in [5, 5.41) is 20.8. The van der Waals surface area contributed by atoms with Gasteiger partial charge in [-0.15, -0.1) is 0 Å². The third kappa shape index (κ3) is 2.65. The van der Waals surface area contributed by atoms with Gasteiger partial charge in [-0.3, -0.25) is 0 Å². The fraction of sp³-hybridized carbons (Fsp3) is 0.190. The normalized spacial score (nSPS) is 10.6. The molecule has 0 saturated heterocycles. The van der Waals surface area contributed by atoms with Crippen LogP contribution in [0.3, 0.4) is 0 Å². The van der Waals surface area contributed by atoms with Crippen LogP contribution in [0, 0.1) is 22.7 Å². The van der Waals surface area contributed by atoms with Gasteiger partial charge in [0.05, 0.1) is 50.6 Å². The van der Waals surface area contributed by atoms with E-state index in [1.54, 1.807) is 18.2 Å². The predicted octanol–water partition coefficient (Wildman–Crippen LogP) is 3.11. The number of hydrogen-bond acceptors (Lipinski definition) is 9. The van der Waals surface area contributed by atoms with Gasteiger partial charge in [-0.1, -0.05) is 0 Å². The van der Waals surface area contributed by atoms with Gasteiger partial charge in [-0.25, -0.2) is 15.0 Å². The van der Waals surface area contributed by atoms with Crippen LogP contribution >= 0.6 is 0 Å². The van der Waals surface area contributed by atoms with Gasteiger partial charge in [-0.05, 0) is 18.2 Å². The minimum absolute atomic E-state index is 0.0147. The Morgan fingerprint density at radius 3 is 1.50 bits per heavy atom. The number of rotatable bonds is 4. The van der Waals surface area contributed by atoms with Crippen molar-refractivity contribution in [2.24, 2.45) is 0 Å². The van der Waals surface area contributed by atoms with Crippen molar-refractivity contribution in [1.82, 2.24) is 15.0 Å². The van der Waals surface area contributed by atoms with Gasteiger partial charge in [0.2, 0.25) is 0 Å². The fourth-order valence-corrected chi connectivity index (χ4v) is 3.38. The van der Waals surface area contributed by atoms with Gasteiger partial charge >= 0.3 is 0 Å². The monoisotopic (exact) mass is 401 g/mol. The molecule has 0 aliphatic rings. The Balaban J connectivity index is 2.34. The molecule has 30 heavy (non-hydrogen) atoms. The summed E-state index contributed by atoms with van der Waals surface area (Å²) in [6.07, 6.45) is 0. The van der Waals surface area contributed by atoms with E-state index in [9.17, 15) is 10.5 Å². The van der Waals surface area contributed by atoms with Crippen molar-refractivity contribution in [1.29, 1.82) is 10.5 Å². The summed E-state index contributed by atoms with van der Waals surface area (Å²) < 4.78 is 21.5. The first-order valence-corrected chi connectivity index (χ1v) is 8.72. The second kappa shape index (κ2) is 7.22. The summed E-state index contributed by atoms with van der Waals surface area (Å²) in [7, 11) is 6.00. The maximum Gasteiger partial charge on any atom is 0.257 e. The Kier molecular flexibility index (Phi) is 4.57. The van der Waals surface area contributed by atoms with Crippen LogP contribution in [0.1, 0.15) is 11.3 Å². The molecule has 4 rings (SSSR count). The second-order valence-electron chi connectivity index (χ2n) is 6.20. The van der Waals surface area contributed by atoms with Crippen molar-refractivity contribution in [3.05, 3.63) is 29.5 Å². The molecule has 0 bridgehead atoms. The Bertz CT molecular complexity index is 1310. The minimum atomic E-state index is 0.0147. The van der Waals surface area contributed by atoms with Crippen LogP contribution < -0.4 is 18.9 Å². The molecule has 0 spiro atoms. The largest absolute Gasteiger partial charge is 0.491 e. The number of pyridine rings is 3. The van der Waals surface area contributed by atoms with Crippen LogP contribution in [-0.4, -0.2) is 43.4 Å². The Labute approximate surface area is 171 Å². The van der Waals surface area contributed by atoms with E-state index in [0.29, 0.717) is 44.2 Å². The number of aromatic nitrogens is 3. The Hall–Kier alpha value is -4.37. The van der Waals surface area contributed by atoms with E-state index in [0.717, 1.165) is 0 Å². The zero-order chi connectivity index (χ0) is 21.4. The lowest BCUT2D eigenvalue weighted by atomic mass is 10.0. The number of methoxy groups -OCH3 is 4. The highest BCUT2D eigenvalue weighted by atomic mass is 16.5. The maximum atomic E-state index is 9.47. The average Bonchev–Trinajstić information content (AvgIpc) is 2.81. The molecule has 3 heterocycles. The van der Waals surface area contributed by atoms with Crippen LogP contribution in [0.4, 0.5) is 0 Å². The summed E-state index contributed by atoms with van der Waals surface area (Å²) in [5.41, 5.74) is 1.66. The van der Waals surface area contributed by atoms with Crippen molar-refractivity contribution >= 4 is 32.7 Å². The van der Waals surface area contributed by atoms with Crippen LogP contribution in [0.25, 0.3) is 32.7 Å². The van der Waals surface area contributed by atoms with Crippen LogP contribution in [0.15, 0.2) is 18.2 Å². The summed E-state index contributed by atoms with van der Waals surface area (Å²) in [4.78, 5) is 13.6. The SMILES string of the molecule is COc1cc2c(nc1OC)c1cc(C#N)c(C#N)nc1c1cc(OC)c(OC)nc12. The molecule has 0 N–H and O–H groups in total. The summed E-state index contributed by atoms with van der Waals surface area (Å²) >= 11 is 0. The van der Waals surface area contributed by atoms with E-state index in [1.165, 1.54) is 28.4 Å². The molecule has 0 unspecified atom stereocenters. The lowest BCUT2D eigenvalue weighted by Gasteiger charge is -2.14. The number of benzene rings is 1. The summed E-state index contributed by atoms with van der Waals surface area (Å²) in [5.74, 6) is 1.39. The van der Waals surface area contributed by atoms with Gasteiger partial charge in [0, 0.05) is 16.2 Å². The zero-order valence-electron chi connectivity index (χ0n) is 16.6. The number of fused-ring (bicyclic) bond motifs is 6. The van der Waals surface area contributed by atoms with E-state index in [4.69, 9.17) is 18.9 Å². The third-order valence-corrected chi connectivity index (χ3v) is 4.75. The molecule has 0 aliphatic carbocycles. The van der Waals surface area contributed by atoms with Gasteiger partial charge < -0.3 is 18.9 Å². The molecule has 9 heteroatoms. The van der Waals surface area contributed by atoms with Crippen molar-refractivity contribution in [2.75, 3.05) is 28.4 Å². The molecule has 4 aromatic rings. The van der Waals surface area contributed by atoms with Gasteiger partial charge in [0.15, 0.2) is 17.2 Å². The van der Waals surface area contributed by atoms with Crippen LogP contribution in [-0.2, 0) is 0 Å². The molecule has 0 fully saturated rings. The quantitative estimate of drug-likeness (QED) is 0.474. The lowest BCUT2D eigenvalue weighted by molar-refractivity contribution is 0.344. The maximum absolute atomic E-state index is 9.47. The lowest BCUT2D eigenvalue weighted by Crippen LogP contribution is -2.00. The summed E-state index contributed by atoms with van der Waals surface area (Å²) in [6.45, 7) is 0. The Morgan fingerprint density at radius 1 is 0.633 bits per heavy atom.